The third-order valence-electron chi connectivity index (χ3n) is 5.10. The number of aryl methyl sites for hydroxylation is 2. The Morgan fingerprint density at radius 2 is 2.00 bits per heavy atom. The predicted octanol–water partition coefficient (Wildman–Crippen LogP) is 2.91. The summed E-state index contributed by atoms with van der Waals surface area (Å²) in [7, 11) is 0. The SMILES string of the molecule is N#Cc1cc2c(nc1NCCN1CCc3ccccc3C1)CCC2. The number of hydrogen-bond acceptors (Lipinski definition) is 4. The molecule has 0 unspecified atom stereocenters. The van der Waals surface area contributed by atoms with E-state index in [9.17, 15) is 5.26 Å². The van der Waals surface area contributed by atoms with Crippen molar-refractivity contribution < 1.29 is 0 Å². The highest BCUT2D eigenvalue weighted by Gasteiger charge is 2.17. The van der Waals surface area contributed by atoms with E-state index >= 15 is 0 Å². The second-order valence-corrected chi connectivity index (χ2v) is 6.68. The molecule has 4 heteroatoms. The summed E-state index contributed by atoms with van der Waals surface area (Å²) in [5.41, 5.74) is 6.03. The van der Waals surface area contributed by atoms with E-state index in [-0.39, 0.29) is 0 Å². The maximum Gasteiger partial charge on any atom is 0.144 e. The van der Waals surface area contributed by atoms with Crippen LogP contribution in [-0.2, 0) is 25.8 Å². The van der Waals surface area contributed by atoms with E-state index in [1.165, 1.54) is 22.4 Å². The average Bonchev–Trinajstić information content (AvgIpc) is 3.08. The Hall–Kier alpha value is -2.38. The molecule has 1 N–H and O–H groups in total. The van der Waals surface area contributed by atoms with E-state index in [4.69, 9.17) is 4.98 Å². The first-order valence-electron chi connectivity index (χ1n) is 8.79. The van der Waals surface area contributed by atoms with Crippen LogP contribution in [0, 0.1) is 11.3 Å². The fraction of sp³-hybridized carbons (Fsp3) is 0.400. The van der Waals surface area contributed by atoms with Gasteiger partial charge in [-0.1, -0.05) is 24.3 Å². The second-order valence-electron chi connectivity index (χ2n) is 6.68. The molecule has 0 fully saturated rings. The maximum atomic E-state index is 9.37. The molecule has 1 aromatic carbocycles. The number of nitrogens with zero attached hydrogens (tertiary/aromatic N) is 3. The van der Waals surface area contributed by atoms with Crippen molar-refractivity contribution >= 4 is 5.82 Å². The summed E-state index contributed by atoms with van der Waals surface area (Å²) in [6, 6.07) is 13.0. The van der Waals surface area contributed by atoms with Crippen LogP contribution < -0.4 is 5.32 Å². The molecule has 0 saturated carbocycles. The standard InChI is InChI=1S/C20H22N4/c21-13-18-12-16-6-3-7-19(16)23-20(18)22-9-11-24-10-8-15-4-1-2-5-17(15)14-24/h1-2,4-5,12H,3,6-11,14H2,(H,22,23). The van der Waals surface area contributed by atoms with E-state index in [1.807, 2.05) is 6.07 Å². The third kappa shape index (κ3) is 3.00. The van der Waals surface area contributed by atoms with Gasteiger partial charge in [0.25, 0.3) is 0 Å². The van der Waals surface area contributed by atoms with Crippen molar-refractivity contribution in [1.29, 1.82) is 5.26 Å². The largest absolute Gasteiger partial charge is 0.368 e. The van der Waals surface area contributed by atoms with E-state index < -0.39 is 0 Å². The van der Waals surface area contributed by atoms with Gasteiger partial charge >= 0.3 is 0 Å². The Morgan fingerprint density at radius 1 is 1.12 bits per heavy atom. The zero-order valence-electron chi connectivity index (χ0n) is 13.9. The zero-order valence-corrected chi connectivity index (χ0v) is 13.9. The highest BCUT2D eigenvalue weighted by molar-refractivity contribution is 5.55. The van der Waals surface area contributed by atoms with Gasteiger partial charge in [-0.2, -0.15) is 5.26 Å². The monoisotopic (exact) mass is 318 g/mol. The molecule has 1 aromatic heterocycles. The first-order chi connectivity index (χ1) is 11.8. The lowest BCUT2D eigenvalue weighted by Gasteiger charge is -2.28. The topological polar surface area (TPSA) is 52.0 Å². The van der Waals surface area contributed by atoms with Crippen LogP contribution in [0.4, 0.5) is 5.82 Å². The highest BCUT2D eigenvalue weighted by Crippen LogP contribution is 2.25. The molecule has 2 heterocycles. The number of anilines is 1. The number of nitriles is 1. The van der Waals surface area contributed by atoms with Crippen LogP contribution in [0.2, 0.25) is 0 Å². The molecule has 0 atom stereocenters. The van der Waals surface area contributed by atoms with Gasteiger partial charge < -0.3 is 5.32 Å². The molecule has 0 bridgehead atoms. The van der Waals surface area contributed by atoms with Gasteiger partial charge in [0, 0.05) is 31.9 Å². The molecular weight excluding hydrogens is 296 g/mol. The molecule has 2 aromatic rings. The fourth-order valence-electron chi connectivity index (χ4n) is 3.77. The minimum Gasteiger partial charge on any atom is -0.368 e. The van der Waals surface area contributed by atoms with Gasteiger partial charge in [0.2, 0.25) is 0 Å². The highest BCUT2D eigenvalue weighted by atomic mass is 15.1. The molecule has 4 rings (SSSR count). The average molecular weight is 318 g/mol. The summed E-state index contributed by atoms with van der Waals surface area (Å²) in [4.78, 5) is 7.16. The van der Waals surface area contributed by atoms with Gasteiger partial charge in [-0.05, 0) is 48.4 Å². The second kappa shape index (κ2) is 6.62. The molecule has 122 valence electrons. The minimum absolute atomic E-state index is 0.680. The van der Waals surface area contributed by atoms with Crippen molar-refractivity contribution in [3.05, 3.63) is 58.3 Å². The number of nitrogens with one attached hydrogen (secondary N) is 1. The lowest BCUT2D eigenvalue weighted by Crippen LogP contribution is -2.34. The number of rotatable bonds is 4. The minimum atomic E-state index is 0.680. The van der Waals surface area contributed by atoms with Crippen LogP contribution in [0.5, 0.6) is 0 Å². The van der Waals surface area contributed by atoms with Crippen LogP contribution in [0.3, 0.4) is 0 Å². The third-order valence-corrected chi connectivity index (χ3v) is 5.10. The Morgan fingerprint density at radius 3 is 2.88 bits per heavy atom. The Labute approximate surface area is 143 Å². The summed E-state index contributed by atoms with van der Waals surface area (Å²) >= 11 is 0. The molecule has 0 saturated heterocycles. The van der Waals surface area contributed by atoms with Gasteiger partial charge in [0.05, 0.1) is 5.56 Å². The normalized spacial score (nSPS) is 16.3. The van der Waals surface area contributed by atoms with Gasteiger partial charge in [0.1, 0.15) is 11.9 Å². The van der Waals surface area contributed by atoms with Crippen LogP contribution in [0.15, 0.2) is 30.3 Å². The number of pyridine rings is 1. The molecule has 24 heavy (non-hydrogen) atoms. The van der Waals surface area contributed by atoms with Gasteiger partial charge in [-0.3, -0.25) is 4.90 Å². The summed E-state index contributed by atoms with van der Waals surface area (Å²) in [5, 5.41) is 12.8. The van der Waals surface area contributed by atoms with Crippen molar-refractivity contribution in [2.75, 3.05) is 25.0 Å². The van der Waals surface area contributed by atoms with E-state index in [2.05, 4.69) is 40.6 Å². The van der Waals surface area contributed by atoms with Crippen LogP contribution in [-0.4, -0.2) is 29.5 Å². The molecular formula is C20H22N4. The lowest BCUT2D eigenvalue weighted by molar-refractivity contribution is 0.264. The number of fused-ring (bicyclic) bond motifs is 2. The Kier molecular flexibility index (Phi) is 4.18. The van der Waals surface area contributed by atoms with Gasteiger partial charge in [0.15, 0.2) is 0 Å². The summed E-state index contributed by atoms with van der Waals surface area (Å²) in [6.07, 6.45) is 4.38. The molecule has 4 nitrogen and oxygen atoms in total. The van der Waals surface area contributed by atoms with Gasteiger partial charge in [-0.15, -0.1) is 0 Å². The van der Waals surface area contributed by atoms with Crippen LogP contribution >= 0.6 is 0 Å². The van der Waals surface area contributed by atoms with Gasteiger partial charge in [-0.25, -0.2) is 4.98 Å². The number of benzene rings is 1. The molecule has 1 aliphatic carbocycles. The maximum absolute atomic E-state index is 9.37. The van der Waals surface area contributed by atoms with Crippen molar-refractivity contribution in [3.8, 4) is 6.07 Å². The van der Waals surface area contributed by atoms with Crippen molar-refractivity contribution in [1.82, 2.24) is 9.88 Å². The summed E-state index contributed by atoms with van der Waals surface area (Å²) in [6.45, 7) is 3.91. The number of hydrogen-bond donors (Lipinski definition) is 1. The fourth-order valence-corrected chi connectivity index (χ4v) is 3.77. The smallest absolute Gasteiger partial charge is 0.144 e. The molecule has 1 aliphatic heterocycles. The molecule has 0 radical (unpaired) electrons. The first-order valence-corrected chi connectivity index (χ1v) is 8.79. The zero-order chi connectivity index (χ0) is 16.4. The van der Waals surface area contributed by atoms with Crippen molar-refractivity contribution in [2.24, 2.45) is 0 Å². The number of aromatic nitrogens is 1. The molecule has 0 spiro atoms. The van der Waals surface area contributed by atoms with Crippen molar-refractivity contribution in [2.45, 2.75) is 32.2 Å². The molecule has 0 amide bonds. The Balaban J connectivity index is 1.38. The quantitative estimate of drug-likeness (QED) is 0.942. The van der Waals surface area contributed by atoms with E-state index in [0.29, 0.717) is 5.56 Å². The van der Waals surface area contributed by atoms with Crippen LogP contribution in [0.1, 0.15) is 34.4 Å². The predicted molar refractivity (Wildman–Crippen MR) is 94.9 cm³/mol. The lowest BCUT2D eigenvalue weighted by atomic mass is 10.00. The first kappa shape index (κ1) is 15.2. The Bertz CT molecular complexity index is 791. The van der Waals surface area contributed by atoms with Crippen molar-refractivity contribution in [3.63, 3.8) is 0 Å². The van der Waals surface area contributed by atoms with Crippen LogP contribution in [0.25, 0.3) is 0 Å². The summed E-state index contributed by atoms with van der Waals surface area (Å²) < 4.78 is 0. The summed E-state index contributed by atoms with van der Waals surface area (Å²) in [5.74, 6) is 0.760. The van der Waals surface area contributed by atoms with E-state index in [0.717, 1.165) is 57.7 Å². The molecule has 2 aliphatic rings. The van der Waals surface area contributed by atoms with E-state index in [1.54, 1.807) is 0 Å².